The van der Waals surface area contributed by atoms with E-state index in [1.807, 2.05) is 6.07 Å². The molecule has 0 unspecified atom stereocenters. The summed E-state index contributed by atoms with van der Waals surface area (Å²) in [5.74, 6) is 1.65. The minimum Gasteiger partial charge on any atom is -0.495 e. The molecule has 2 aliphatic rings. The van der Waals surface area contributed by atoms with E-state index in [1.165, 1.54) is 32.8 Å². The Morgan fingerprint density at radius 2 is 2.00 bits per heavy atom. The SMILES string of the molecule is COc1ccn(C(C2CC2)C2CC2)c(=O)c1C#N. The first kappa shape index (κ1) is 11.3. The van der Waals surface area contributed by atoms with E-state index in [-0.39, 0.29) is 11.1 Å². The van der Waals surface area contributed by atoms with E-state index in [1.54, 1.807) is 16.8 Å². The molecule has 0 N–H and O–H groups in total. The zero-order chi connectivity index (χ0) is 12.7. The van der Waals surface area contributed by atoms with Crippen molar-refractivity contribution >= 4 is 0 Å². The first-order valence-electron chi connectivity index (χ1n) is 6.45. The molecular weight excluding hydrogens is 228 g/mol. The van der Waals surface area contributed by atoms with Crippen LogP contribution in [0.1, 0.15) is 37.3 Å². The van der Waals surface area contributed by atoms with E-state index in [0.29, 0.717) is 23.6 Å². The van der Waals surface area contributed by atoms with Crippen molar-refractivity contribution in [2.24, 2.45) is 11.8 Å². The second kappa shape index (κ2) is 4.16. The van der Waals surface area contributed by atoms with Crippen LogP contribution in [0.15, 0.2) is 17.1 Å². The van der Waals surface area contributed by atoms with Gasteiger partial charge >= 0.3 is 0 Å². The van der Waals surface area contributed by atoms with Crippen molar-refractivity contribution in [2.45, 2.75) is 31.7 Å². The van der Waals surface area contributed by atoms with Crippen LogP contribution in [0.2, 0.25) is 0 Å². The fraction of sp³-hybridized carbons (Fsp3) is 0.571. The summed E-state index contributed by atoms with van der Waals surface area (Å²) in [5, 5.41) is 9.10. The maximum absolute atomic E-state index is 12.3. The Bertz CT molecular complexity index is 550. The van der Waals surface area contributed by atoms with Gasteiger partial charge in [-0.15, -0.1) is 0 Å². The average molecular weight is 244 g/mol. The number of hydrogen-bond acceptors (Lipinski definition) is 3. The van der Waals surface area contributed by atoms with Gasteiger partial charge in [0.15, 0.2) is 5.56 Å². The summed E-state index contributed by atoms with van der Waals surface area (Å²) >= 11 is 0. The van der Waals surface area contributed by atoms with E-state index in [9.17, 15) is 4.79 Å². The van der Waals surface area contributed by atoms with Crippen LogP contribution in [0.3, 0.4) is 0 Å². The zero-order valence-corrected chi connectivity index (χ0v) is 10.4. The van der Waals surface area contributed by atoms with Crippen molar-refractivity contribution in [1.82, 2.24) is 4.57 Å². The number of nitrogens with zero attached hydrogens (tertiary/aromatic N) is 2. The lowest BCUT2D eigenvalue weighted by atomic mass is 10.1. The summed E-state index contributed by atoms with van der Waals surface area (Å²) in [7, 11) is 1.49. The number of nitriles is 1. The predicted molar refractivity (Wildman–Crippen MR) is 66.5 cm³/mol. The van der Waals surface area contributed by atoms with Gasteiger partial charge in [-0.3, -0.25) is 4.79 Å². The lowest BCUT2D eigenvalue weighted by Crippen LogP contribution is -2.29. The van der Waals surface area contributed by atoms with Gasteiger partial charge in [-0.25, -0.2) is 0 Å². The Morgan fingerprint density at radius 3 is 2.44 bits per heavy atom. The molecule has 1 aromatic heterocycles. The van der Waals surface area contributed by atoms with Crippen molar-refractivity contribution in [2.75, 3.05) is 7.11 Å². The highest BCUT2D eigenvalue weighted by Gasteiger charge is 2.43. The van der Waals surface area contributed by atoms with Crippen LogP contribution in [-0.2, 0) is 0 Å². The molecule has 2 saturated carbocycles. The molecule has 0 atom stereocenters. The third-order valence-electron chi connectivity index (χ3n) is 3.94. The van der Waals surface area contributed by atoms with Crippen LogP contribution < -0.4 is 10.3 Å². The highest BCUT2D eigenvalue weighted by atomic mass is 16.5. The van der Waals surface area contributed by atoms with E-state index in [2.05, 4.69) is 0 Å². The molecule has 0 amide bonds. The largest absolute Gasteiger partial charge is 0.495 e. The first-order chi connectivity index (χ1) is 8.76. The topological polar surface area (TPSA) is 55.0 Å². The van der Waals surface area contributed by atoms with Crippen molar-refractivity contribution in [3.63, 3.8) is 0 Å². The van der Waals surface area contributed by atoms with Crippen LogP contribution in [0.25, 0.3) is 0 Å². The van der Waals surface area contributed by atoms with Gasteiger partial charge in [-0.2, -0.15) is 5.26 Å². The number of hydrogen-bond donors (Lipinski definition) is 0. The summed E-state index contributed by atoms with van der Waals surface area (Å²) in [6.07, 6.45) is 6.63. The molecule has 2 fully saturated rings. The highest BCUT2D eigenvalue weighted by molar-refractivity contribution is 5.40. The molecule has 0 radical (unpaired) electrons. The second-order valence-electron chi connectivity index (χ2n) is 5.25. The Kier molecular flexibility index (Phi) is 2.62. The molecular formula is C14H16N2O2. The molecule has 4 nitrogen and oxygen atoms in total. The van der Waals surface area contributed by atoms with Gasteiger partial charge in [0.25, 0.3) is 5.56 Å². The molecule has 0 saturated heterocycles. The van der Waals surface area contributed by atoms with Crippen LogP contribution in [0, 0.1) is 23.2 Å². The molecule has 1 heterocycles. The van der Waals surface area contributed by atoms with E-state index in [4.69, 9.17) is 10.00 Å². The quantitative estimate of drug-likeness (QED) is 0.815. The number of pyridine rings is 1. The van der Waals surface area contributed by atoms with Crippen molar-refractivity contribution in [1.29, 1.82) is 5.26 Å². The summed E-state index contributed by atoms with van der Waals surface area (Å²) in [6.45, 7) is 0. The lowest BCUT2D eigenvalue weighted by molar-refractivity contribution is 0.374. The minimum atomic E-state index is -0.194. The van der Waals surface area contributed by atoms with Crippen LogP contribution in [-0.4, -0.2) is 11.7 Å². The standard InChI is InChI=1S/C14H16N2O2/c1-18-12-6-7-16(14(17)11(12)8-15)13(9-2-3-9)10-4-5-10/h6-7,9-10,13H,2-5H2,1H3. The summed E-state index contributed by atoms with van der Waals surface area (Å²) in [6, 6.07) is 4.01. The maximum atomic E-state index is 12.3. The average Bonchev–Trinajstić information content (AvgIpc) is 3.25. The lowest BCUT2D eigenvalue weighted by Gasteiger charge is -2.19. The molecule has 94 valence electrons. The molecule has 0 aliphatic heterocycles. The Hall–Kier alpha value is -1.76. The Balaban J connectivity index is 2.06. The molecule has 4 heteroatoms. The van der Waals surface area contributed by atoms with Gasteiger partial charge in [0, 0.05) is 12.2 Å². The summed E-state index contributed by atoms with van der Waals surface area (Å²) < 4.78 is 6.84. The van der Waals surface area contributed by atoms with Gasteiger partial charge in [-0.05, 0) is 43.6 Å². The van der Waals surface area contributed by atoms with Crippen molar-refractivity contribution in [3.05, 3.63) is 28.2 Å². The van der Waals surface area contributed by atoms with E-state index in [0.717, 1.165) is 0 Å². The van der Waals surface area contributed by atoms with E-state index >= 15 is 0 Å². The van der Waals surface area contributed by atoms with Crippen LogP contribution in [0.5, 0.6) is 5.75 Å². The van der Waals surface area contributed by atoms with Crippen molar-refractivity contribution in [3.8, 4) is 11.8 Å². The number of ether oxygens (including phenoxy) is 1. The molecule has 18 heavy (non-hydrogen) atoms. The van der Waals surface area contributed by atoms with E-state index < -0.39 is 0 Å². The van der Waals surface area contributed by atoms with Crippen LogP contribution in [0.4, 0.5) is 0 Å². The molecule has 2 aliphatic carbocycles. The smallest absolute Gasteiger partial charge is 0.272 e. The van der Waals surface area contributed by atoms with Gasteiger partial charge in [0.05, 0.1) is 7.11 Å². The van der Waals surface area contributed by atoms with Gasteiger partial charge in [0.2, 0.25) is 0 Å². The molecule has 0 spiro atoms. The summed E-state index contributed by atoms with van der Waals surface area (Å²) in [5.41, 5.74) is -0.0630. The minimum absolute atomic E-state index is 0.131. The maximum Gasteiger partial charge on any atom is 0.272 e. The summed E-state index contributed by atoms with van der Waals surface area (Å²) in [4.78, 5) is 12.3. The highest BCUT2D eigenvalue weighted by Crippen LogP contribution is 2.51. The Morgan fingerprint density at radius 1 is 1.39 bits per heavy atom. The van der Waals surface area contributed by atoms with Gasteiger partial charge in [-0.1, -0.05) is 0 Å². The molecule has 0 aromatic carbocycles. The van der Waals surface area contributed by atoms with Crippen LogP contribution >= 0.6 is 0 Å². The molecule has 1 aromatic rings. The third-order valence-corrected chi connectivity index (χ3v) is 3.94. The zero-order valence-electron chi connectivity index (χ0n) is 10.4. The number of rotatable bonds is 4. The monoisotopic (exact) mass is 244 g/mol. The number of aromatic nitrogens is 1. The van der Waals surface area contributed by atoms with Gasteiger partial charge < -0.3 is 9.30 Å². The fourth-order valence-electron chi connectivity index (χ4n) is 2.76. The van der Waals surface area contributed by atoms with Crippen molar-refractivity contribution < 1.29 is 4.74 Å². The first-order valence-corrected chi connectivity index (χ1v) is 6.45. The molecule has 3 rings (SSSR count). The third kappa shape index (κ3) is 1.80. The van der Waals surface area contributed by atoms with Gasteiger partial charge in [0.1, 0.15) is 11.8 Å². The number of methoxy groups -OCH3 is 1. The normalized spacial score (nSPS) is 18.7. The molecule has 0 bridgehead atoms. The fourth-order valence-corrected chi connectivity index (χ4v) is 2.76. The predicted octanol–water partition coefficient (Wildman–Crippen LogP) is 2.09. The second-order valence-corrected chi connectivity index (χ2v) is 5.25. The Labute approximate surface area is 106 Å².